The summed E-state index contributed by atoms with van der Waals surface area (Å²) in [5, 5.41) is 6.89. The van der Waals surface area contributed by atoms with E-state index < -0.39 is 24.0 Å². The van der Waals surface area contributed by atoms with E-state index in [1.807, 2.05) is 42.6 Å². The normalized spacial score (nSPS) is 15.4. The van der Waals surface area contributed by atoms with E-state index in [2.05, 4.69) is 10.6 Å². The van der Waals surface area contributed by atoms with Crippen LogP contribution >= 0.6 is 11.3 Å². The van der Waals surface area contributed by atoms with Gasteiger partial charge in [-0.15, -0.1) is 11.3 Å². The molecule has 1 heterocycles. The van der Waals surface area contributed by atoms with Crippen LogP contribution in [-0.2, 0) is 9.53 Å². The van der Waals surface area contributed by atoms with Crippen molar-refractivity contribution in [2.75, 3.05) is 0 Å². The lowest BCUT2D eigenvalue weighted by Gasteiger charge is -2.23. The third kappa shape index (κ3) is 5.67. The largest absolute Gasteiger partial charge is 0.448 e. The molecule has 29 heavy (non-hydrogen) atoms. The van der Waals surface area contributed by atoms with Crippen molar-refractivity contribution in [1.82, 2.24) is 10.6 Å². The number of carbonyl (C=O) groups excluding carboxylic acids is 3. The molecule has 1 fully saturated rings. The molecule has 2 aromatic rings. The van der Waals surface area contributed by atoms with Crippen molar-refractivity contribution in [2.45, 2.75) is 58.1 Å². The molecule has 1 aliphatic carbocycles. The molecule has 0 radical (unpaired) electrons. The zero-order chi connectivity index (χ0) is 20.8. The summed E-state index contributed by atoms with van der Waals surface area (Å²) >= 11 is 1.26. The number of rotatable bonds is 5. The Bertz CT molecular complexity index is 869. The Balaban J connectivity index is 1.56. The molecule has 154 valence electrons. The summed E-state index contributed by atoms with van der Waals surface area (Å²) in [6.07, 6.45) is 4.11. The van der Waals surface area contributed by atoms with Gasteiger partial charge in [0, 0.05) is 11.6 Å². The maximum Gasteiger partial charge on any atom is 0.349 e. The van der Waals surface area contributed by atoms with E-state index in [9.17, 15) is 14.4 Å². The second-order valence-electron chi connectivity index (χ2n) is 7.37. The molecule has 1 saturated carbocycles. The molecule has 1 aromatic carbocycles. The van der Waals surface area contributed by atoms with E-state index in [0.29, 0.717) is 4.88 Å². The monoisotopic (exact) mass is 414 g/mol. The van der Waals surface area contributed by atoms with E-state index in [4.69, 9.17) is 4.74 Å². The smallest absolute Gasteiger partial charge is 0.349 e. The number of aryl methyl sites for hydroxylation is 1. The molecular formula is C22H26N2O4S. The Morgan fingerprint density at radius 3 is 2.45 bits per heavy atom. The summed E-state index contributed by atoms with van der Waals surface area (Å²) in [5.41, 5.74) is 2.81. The predicted molar refractivity (Wildman–Crippen MR) is 113 cm³/mol. The molecule has 0 aliphatic heterocycles. The van der Waals surface area contributed by atoms with Crippen LogP contribution in [0.2, 0.25) is 0 Å². The number of benzene rings is 1. The fourth-order valence-electron chi connectivity index (χ4n) is 3.38. The number of imide groups is 1. The molecule has 2 N–H and O–H groups in total. The lowest BCUT2D eigenvalue weighted by molar-refractivity contribution is -0.127. The summed E-state index contributed by atoms with van der Waals surface area (Å²) < 4.78 is 5.31. The molecule has 1 atom stereocenters. The quantitative estimate of drug-likeness (QED) is 0.709. The zero-order valence-electron chi connectivity index (χ0n) is 16.7. The number of ether oxygens (including phenoxy) is 1. The summed E-state index contributed by atoms with van der Waals surface area (Å²) in [6, 6.07) is 9.25. The van der Waals surface area contributed by atoms with E-state index >= 15 is 0 Å². The van der Waals surface area contributed by atoms with Crippen LogP contribution < -0.4 is 10.6 Å². The van der Waals surface area contributed by atoms with Crippen LogP contribution in [0.3, 0.4) is 0 Å². The molecule has 7 heteroatoms. The number of amides is 3. The Hall–Kier alpha value is -2.67. The average molecular weight is 415 g/mol. The van der Waals surface area contributed by atoms with Crippen LogP contribution in [-0.4, -0.2) is 30.1 Å². The van der Waals surface area contributed by atoms with Gasteiger partial charge >= 0.3 is 12.0 Å². The Morgan fingerprint density at radius 1 is 1.07 bits per heavy atom. The van der Waals surface area contributed by atoms with Crippen molar-refractivity contribution in [3.05, 3.63) is 46.2 Å². The molecular weight excluding hydrogens is 388 g/mol. The van der Waals surface area contributed by atoms with Gasteiger partial charge in [-0.3, -0.25) is 10.1 Å². The van der Waals surface area contributed by atoms with Gasteiger partial charge in [0.2, 0.25) is 0 Å². The number of thiophene rings is 1. The number of hydrogen-bond donors (Lipinski definition) is 2. The zero-order valence-corrected chi connectivity index (χ0v) is 17.5. The maximum absolute atomic E-state index is 12.6. The predicted octanol–water partition coefficient (Wildman–Crippen LogP) is 4.43. The Kier molecular flexibility index (Phi) is 7.04. The van der Waals surface area contributed by atoms with Gasteiger partial charge in [-0.1, -0.05) is 49.1 Å². The second kappa shape index (κ2) is 9.69. The Morgan fingerprint density at radius 2 is 1.76 bits per heavy atom. The molecule has 0 spiro atoms. The number of carbonyl (C=O) groups is 3. The summed E-state index contributed by atoms with van der Waals surface area (Å²) in [6.45, 7) is 3.46. The highest BCUT2D eigenvalue weighted by Gasteiger charge is 2.24. The van der Waals surface area contributed by atoms with Gasteiger partial charge < -0.3 is 10.1 Å². The van der Waals surface area contributed by atoms with E-state index in [1.165, 1.54) is 24.7 Å². The van der Waals surface area contributed by atoms with Crippen LogP contribution in [0.4, 0.5) is 4.79 Å². The van der Waals surface area contributed by atoms with E-state index in [1.54, 1.807) is 0 Å². The molecule has 3 rings (SSSR count). The molecule has 1 aromatic heterocycles. The minimum atomic E-state index is -1.08. The standard InChI is InChI=1S/C22H26N2O4S/c1-14-8-10-16(11-9-14)18-12-13-29-19(18)21(26)28-15(2)20(25)24-22(27)23-17-6-4-3-5-7-17/h8-13,15,17H,3-7H2,1-2H3,(H2,23,24,25,27)/t15-/m0/s1. The molecule has 0 unspecified atom stereocenters. The van der Waals surface area contributed by atoms with E-state index in [-0.39, 0.29) is 6.04 Å². The SMILES string of the molecule is Cc1ccc(-c2ccsc2C(=O)O[C@@H](C)C(=O)NC(=O)NC2CCCCC2)cc1. The van der Waals surface area contributed by atoms with Crippen molar-refractivity contribution < 1.29 is 19.1 Å². The lowest BCUT2D eigenvalue weighted by atomic mass is 9.96. The molecule has 3 amide bonds. The minimum absolute atomic E-state index is 0.0950. The van der Waals surface area contributed by atoms with Gasteiger partial charge in [0.05, 0.1) is 0 Å². The van der Waals surface area contributed by atoms with Crippen LogP contribution in [0.5, 0.6) is 0 Å². The first-order valence-corrected chi connectivity index (χ1v) is 10.8. The first kappa shape index (κ1) is 21.0. The number of urea groups is 1. The molecule has 0 saturated heterocycles. The molecule has 6 nitrogen and oxygen atoms in total. The second-order valence-corrected chi connectivity index (χ2v) is 8.29. The van der Waals surface area contributed by atoms with Crippen LogP contribution in [0.15, 0.2) is 35.7 Å². The minimum Gasteiger partial charge on any atom is -0.448 e. The maximum atomic E-state index is 12.6. The third-order valence-corrected chi connectivity index (χ3v) is 5.94. The third-order valence-electron chi connectivity index (χ3n) is 5.04. The first-order chi connectivity index (χ1) is 13.9. The summed E-state index contributed by atoms with van der Waals surface area (Å²) in [5.74, 6) is -1.22. The van der Waals surface area contributed by atoms with Gasteiger partial charge in [-0.25, -0.2) is 9.59 Å². The highest BCUT2D eigenvalue weighted by atomic mass is 32.1. The summed E-state index contributed by atoms with van der Waals surface area (Å²) in [4.78, 5) is 37.3. The highest BCUT2D eigenvalue weighted by Crippen LogP contribution is 2.29. The first-order valence-electron chi connectivity index (χ1n) is 9.91. The van der Waals surface area contributed by atoms with Crippen LogP contribution in [0, 0.1) is 6.92 Å². The topological polar surface area (TPSA) is 84.5 Å². The molecule has 1 aliphatic rings. The van der Waals surface area contributed by atoms with Crippen LogP contribution in [0.1, 0.15) is 54.3 Å². The van der Waals surface area contributed by atoms with Gasteiger partial charge in [0.25, 0.3) is 5.91 Å². The van der Waals surface area contributed by atoms with Gasteiger partial charge in [0.15, 0.2) is 6.10 Å². The van der Waals surface area contributed by atoms with Crippen molar-refractivity contribution in [1.29, 1.82) is 0 Å². The number of hydrogen-bond acceptors (Lipinski definition) is 5. The number of nitrogens with one attached hydrogen (secondary N) is 2. The van der Waals surface area contributed by atoms with Crippen molar-refractivity contribution >= 4 is 29.2 Å². The molecule has 0 bridgehead atoms. The van der Waals surface area contributed by atoms with Crippen molar-refractivity contribution in [2.24, 2.45) is 0 Å². The summed E-state index contributed by atoms with van der Waals surface area (Å²) in [7, 11) is 0. The average Bonchev–Trinajstić information content (AvgIpc) is 3.19. The highest BCUT2D eigenvalue weighted by molar-refractivity contribution is 7.12. The van der Waals surface area contributed by atoms with Crippen molar-refractivity contribution in [3.8, 4) is 11.1 Å². The van der Waals surface area contributed by atoms with Crippen LogP contribution in [0.25, 0.3) is 11.1 Å². The van der Waals surface area contributed by atoms with Gasteiger partial charge in [-0.2, -0.15) is 0 Å². The van der Waals surface area contributed by atoms with Gasteiger partial charge in [0.1, 0.15) is 4.88 Å². The van der Waals surface area contributed by atoms with Gasteiger partial charge in [-0.05, 0) is 43.7 Å². The number of esters is 1. The fraction of sp³-hybridized carbons (Fsp3) is 0.409. The van der Waals surface area contributed by atoms with E-state index in [0.717, 1.165) is 42.4 Å². The lowest BCUT2D eigenvalue weighted by Crippen LogP contribution is -2.48. The van der Waals surface area contributed by atoms with Crippen molar-refractivity contribution in [3.63, 3.8) is 0 Å². The Labute approximate surface area is 174 Å². The fourth-order valence-corrected chi connectivity index (χ4v) is 4.17.